The van der Waals surface area contributed by atoms with Gasteiger partial charge in [0.2, 0.25) is 5.91 Å². The van der Waals surface area contributed by atoms with Crippen LogP contribution in [0, 0.1) is 5.82 Å². The Morgan fingerprint density at radius 2 is 1.70 bits per heavy atom. The molecule has 0 bridgehead atoms. The lowest BCUT2D eigenvalue weighted by molar-refractivity contribution is -0.135. The van der Waals surface area contributed by atoms with Gasteiger partial charge in [0.25, 0.3) is 5.91 Å². The predicted octanol–water partition coefficient (Wildman–Crippen LogP) is 2.88. The highest BCUT2D eigenvalue weighted by Crippen LogP contribution is 2.16. The second-order valence-corrected chi connectivity index (χ2v) is 7.68. The quantitative estimate of drug-likeness (QED) is 0.729. The second kappa shape index (κ2) is 10.4. The maximum atomic E-state index is 12.9. The van der Waals surface area contributed by atoms with Crippen LogP contribution in [-0.2, 0) is 9.59 Å². The fraction of sp³-hybridized carbons (Fsp3) is 0.364. The molecule has 6 nitrogen and oxygen atoms in total. The molecule has 1 heterocycles. The number of hydrogen-bond acceptors (Lipinski definition) is 4. The number of carbonyl (C=O) groups is 2. The minimum atomic E-state index is -0.351. The van der Waals surface area contributed by atoms with Crippen LogP contribution in [0.25, 0.3) is 0 Å². The molecule has 2 aromatic carbocycles. The van der Waals surface area contributed by atoms with Gasteiger partial charge in [-0.05, 0) is 48.9 Å². The maximum Gasteiger partial charge on any atom is 0.260 e. The highest BCUT2D eigenvalue weighted by molar-refractivity contribution is 6.30. The van der Waals surface area contributed by atoms with Crippen LogP contribution in [0.5, 0.6) is 5.75 Å². The zero-order chi connectivity index (χ0) is 21.5. The highest BCUT2D eigenvalue weighted by Gasteiger charge is 2.23. The van der Waals surface area contributed by atoms with E-state index in [9.17, 15) is 14.0 Å². The van der Waals surface area contributed by atoms with E-state index in [1.165, 1.54) is 24.3 Å². The molecule has 1 aliphatic rings. The number of hydrogen-bond donors (Lipinski definition) is 1. The molecular formula is C22H25ClFN3O3. The third-order valence-electron chi connectivity index (χ3n) is 5.02. The van der Waals surface area contributed by atoms with Crippen LogP contribution in [0.1, 0.15) is 18.5 Å². The SMILES string of the molecule is CC(NC(=O)CN1CCN(C(=O)COc2ccc(F)cc2)CC1)c1ccc(Cl)cc1. The Balaban J connectivity index is 1.38. The molecule has 8 heteroatoms. The lowest BCUT2D eigenvalue weighted by Gasteiger charge is -2.34. The number of piperazine rings is 1. The molecule has 0 spiro atoms. The molecule has 1 fully saturated rings. The molecule has 160 valence electrons. The van der Waals surface area contributed by atoms with Crippen LogP contribution in [0.2, 0.25) is 5.02 Å². The number of rotatable bonds is 7. The van der Waals surface area contributed by atoms with Gasteiger partial charge in [-0.3, -0.25) is 14.5 Å². The van der Waals surface area contributed by atoms with Crippen LogP contribution in [0.15, 0.2) is 48.5 Å². The Kier molecular flexibility index (Phi) is 7.65. The van der Waals surface area contributed by atoms with Crippen molar-refractivity contribution < 1.29 is 18.7 Å². The first kappa shape index (κ1) is 22.1. The summed E-state index contributed by atoms with van der Waals surface area (Å²) in [5.74, 6) is -0.0806. The minimum Gasteiger partial charge on any atom is -0.484 e. The Bertz CT molecular complexity index is 853. The molecule has 2 aromatic rings. The van der Waals surface area contributed by atoms with Gasteiger partial charge in [0.15, 0.2) is 6.61 Å². The third-order valence-corrected chi connectivity index (χ3v) is 5.27. The Morgan fingerprint density at radius 1 is 1.07 bits per heavy atom. The molecule has 0 radical (unpaired) electrons. The lowest BCUT2D eigenvalue weighted by Crippen LogP contribution is -2.52. The summed E-state index contributed by atoms with van der Waals surface area (Å²) in [6.07, 6.45) is 0. The zero-order valence-electron chi connectivity index (χ0n) is 16.8. The van der Waals surface area contributed by atoms with Crippen molar-refractivity contribution in [2.45, 2.75) is 13.0 Å². The van der Waals surface area contributed by atoms with Gasteiger partial charge in [0, 0.05) is 31.2 Å². The first-order valence-corrected chi connectivity index (χ1v) is 10.2. The summed E-state index contributed by atoms with van der Waals surface area (Å²) >= 11 is 5.90. The topological polar surface area (TPSA) is 61.9 Å². The molecule has 1 unspecified atom stereocenters. The van der Waals surface area contributed by atoms with Crippen molar-refractivity contribution in [3.8, 4) is 5.75 Å². The molecule has 30 heavy (non-hydrogen) atoms. The average molecular weight is 434 g/mol. The summed E-state index contributed by atoms with van der Waals surface area (Å²) in [4.78, 5) is 28.4. The summed E-state index contributed by atoms with van der Waals surface area (Å²) in [6, 6.07) is 12.8. The Morgan fingerprint density at radius 3 is 2.33 bits per heavy atom. The lowest BCUT2D eigenvalue weighted by atomic mass is 10.1. The van der Waals surface area contributed by atoms with Crippen LogP contribution < -0.4 is 10.1 Å². The molecular weight excluding hydrogens is 409 g/mol. The molecule has 0 aliphatic carbocycles. The summed E-state index contributed by atoms with van der Waals surface area (Å²) in [6.45, 7) is 4.42. The molecule has 0 aromatic heterocycles. The first-order valence-electron chi connectivity index (χ1n) is 9.84. The monoisotopic (exact) mass is 433 g/mol. The molecule has 3 rings (SSSR count). The Hall–Kier alpha value is -2.64. The van der Waals surface area contributed by atoms with Gasteiger partial charge in [0.1, 0.15) is 11.6 Å². The number of halogens is 2. The predicted molar refractivity (Wildman–Crippen MR) is 113 cm³/mol. The summed E-state index contributed by atoms with van der Waals surface area (Å²) in [5.41, 5.74) is 0.990. The number of nitrogens with zero attached hydrogens (tertiary/aromatic N) is 2. The summed E-state index contributed by atoms with van der Waals surface area (Å²) in [5, 5.41) is 3.65. The van der Waals surface area contributed by atoms with Crippen molar-refractivity contribution >= 4 is 23.4 Å². The van der Waals surface area contributed by atoms with Crippen LogP contribution in [-0.4, -0.2) is 60.9 Å². The van der Waals surface area contributed by atoms with Crippen molar-refractivity contribution in [2.75, 3.05) is 39.3 Å². The fourth-order valence-electron chi connectivity index (χ4n) is 3.25. The van der Waals surface area contributed by atoms with Crippen molar-refractivity contribution in [3.05, 3.63) is 64.9 Å². The third kappa shape index (κ3) is 6.43. The van der Waals surface area contributed by atoms with Gasteiger partial charge in [-0.2, -0.15) is 0 Å². The normalized spacial score (nSPS) is 15.5. The molecule has 1 N–H and O–H groups in total. The fourth-order valence-corrected chi connectivity index (χ4v) is 3.37. The number of carbonyl (C=O) groups excluding carboxylic acids is 2. The van der Waals surface area contributed by atoms with E-state index in [0.717, 1.165) is 5.56 Å². The largest absolute Gasteiger partial charge is 0.484 e. The summed E-state index contributed by atoms with van der Waals surface area (Å²) < 4.78 is 18.3. The highest BCUT2D eigenvalue weighted by atomic mass is 35.5. The molecule has 1 atom stereocenters. The van der Waals surface area contributed by atoms with Crippen molar-refractivity contribution in [2.24, 2.45) is 0 Å². The zero-order valence-corrected chi connectivity index (χ0v) is 17.6. The smallest absolute Gasteiger partial charge is 0.260 e. The minimum absolute atomic E-state index is 0.0585. The van der Waals surface area contributed by atoms with E-state index < -0.39 is 0 Å². The molecule has 0 saturated carbocycles. The number of ether oxygens (including phenoxy) is 1. The van der Waals surface area contributed by atoms with Crippen LogP contribution in [0.3, 0.4) is 0 Å². The van der Waals surface area contributed by atoms with E-state index in [1.54, 1.807) is 17.0 Å². The van der Waals surface area contributed by atoms with Crippen molar-refractivity contribution in [1.29, 1.82) is 0 Å². The first-order chi connectivity index (χ1) is 14.4. The Labute approximate surface area is 180 Å². The van der Waals surface area contributed by atoms with Crippen LogP contribution in [0.4, 0.5) is 4.39 Å². The maximum absolute atomic E-state index is 12.9. The van der Waals surface area contributed by atoms with Crippen LogP contribution >= 0.6 is 11.6 Å². The summed E-state index contributed by atoms with van der Waals surface area (Å²) in [7, 11) is 0. The average Bonchev–Trinajstić information content (AvgIpc) is 2.74. The van der Waals surface area contributed by atoms with Gasteiger partial charge in [0.05, 0.1) is 12.6 Å². The van der Waals surface area contributed by atoms with E-state index in [0.29, 0.717) is 37.0 Å². The van der Waals surface area contributed by atoms with Crippen molar-refractivity contribution in [1.82, 2.24) is 15.1 Å². The van der Waals surface area contributed by atoms with Crippen molar-refractivity contribution in [3.63, 3.8) is 0 Å². The number of amides is 2. The second-order valence-electron chi connectivity index (χ2n) is 7.24. The van der Waals surface area contributed by atoms with E-state index in [2.05, 4.69) is 5.32 Å². The standard InChI is InChI=1S/C22H25ClFN3O3/c1-16(17-2-4-18(23)5-3-17)25-21(28)14-26-10-12-27(13-11-26)22(29)15-30-20-8-6-19(24)7-9-20/h2-9,16H,10-15H2,1H3,(H,25,28). The molecule has 1 saturated heterocycles. The van der Waals surface area contributed by atoms with Gasteiger partial charge in [-0.1, -0.05) is 23.7 Å². The molecule has 2 amide bonds. The van der Waals surface area contributed by atoms with Gasteiger partial charge < -0.3 is 15.0 Å². The number of nitrogens with one attached hydrogen (secondary N) is 1. The molecule has 1 aliphatic heterocycles. The van der Waals surface area contributed by atoms with E-state index in [-0.39, 0.29) is 36.8 Å². The van der Waals surface area contributed by atoms with Gasteiger partial charge in [-0.25, -0.2) is 4.39 Å². The van der Waals surface area contributed by atoms with E-state index in [1.807, 2.05) is 24.0 Å². The van der Waals surface area contributed by atoms with Gasteiger partial charge >= 0.3 is 0 Å². The number of benzene rings is 2. The van der Waals surface area contributed by atoms with Gasteiger partial charge in [-0.15, -0.1) is 0 Å². The van der Waals surface area contributed by atoms with E-state index in [4.69, 9.17) is 16.3 Å². The van der Waals surface area contributed by atoms with E-state index >= 15 is 0 Å².